The molecule has 7 aromatic carbocycles. The number of phenolic OH excluding ortho intramolecular Hbond substituents is 2. The highest BCUT2D eigenvalue weighted by Crippen LogP contribution is 2.46. The van der Waals surface area contributed by atoms with E-state index in [9.17, 15) is 66.9 Å². The van der Waals surface area contributed by atoms with Crippen LogP contribution >= 0.6 is 0 Å². The fraction of sp³-hybridized carbons (Fsp3) is 0.0465. The van der Waals surface area contributed by atoms with Gasteiger partial charge in [0, 0.05) is 29.1 Å². The van der Waals surface area contributed by atoms with Gasteiger partial charge in [-0.1, -0.05) is 36.4 Å². The number of methoxy groups -OCH3 is 1. The number of ether oxygens (including phenoxy) is 1. The minimum absolute atomic E-state index is 0.0324. The monoisotopic (exact) mass is 1030 g/mol. The molecule has 0 aliphatic carbocycles. The van der Waals surface area contributed by atoms with Crippen LogP contribution in [-0.4, -0.2) is 75.1 Å². The summed E-state index contributed by atoms with van der Waals surface area (Å²) in [6, 6.07) is 21.7. The lowest BCUT2D eigenvalue weighted by Gasteiger charge is -2.13. The highest BCUT2D eigenvalue weighted by molar-refractivity contribution is 7.86. The minimum Gasteiger partial charge on any atom is -0.506 e. The van der Waals surface area contributed by atoms with Crippen molar-refractivity contribution >= 4 is 120 Å². The molecule has 0 radical (unpaired) electrons. The first-order valence-corrected chi connectivity index (χ1v) is 25.2. The SMILES string of the molecule is COc1ccc(N=Nc2ccc(C=Cc3ccc(N=Nc4cc(O)c(N=Nc5ccc6c(S(=O)(=O)O)ccc(NC(C)=O)c6c5O)c5ccc(S(=O)(=O)O)cc45)cc3S(=O)(=O)O)c(S(=O)(=O)O)c2)cc1. The predicted molar refractivity (Wildman–Crippen MR) is 252 cm³/mol. The zero-order valence-electron chi connectivity index (χ0n) is 35.6. The van der Waals surface area contributed by atoms with Crippen molar-refractivity contribution in [3.8, 4) is 17.2 Å². The number of amides is 1. The molecule has 0 aromatic heterocycles. The first-order chi connectivity index (χ1) is 32.8. The molecule has 0 spiro atoms. The number of azo groups is 3. The lowest BCUT2D eigenvalue weighted by Crippen LogP contribution is -2.07. The standard InChI is InChI=1S/C43H33N7O16S4/c1-23(51)44-34-17-18-38(68(57,58)59)32-15-16-35(43(53)41(32)34)48-50-42-31-14-13-30(67(54,55)56)21-33(31)36(22-37(42)52)49-47-28-8-6-25(40(20-28)70(63,64)65)4-3-24-5-7-27(19-39(24)69(60,61)62)46-45-26-9-11-29(66-2)12-10-26/h3-22,52-53H,1-2H3,(H,44,51)(H,54,55,56)(H,57,58,59)(H,60,61,62)(H,63,64,65). The molecular formula is C43H33N7O16S4. The molecule has 0 atom stereocenters. The van der Waals surface area contributed by atoms with Crippen LogP contribution in [0.25, 0.3) is 33.7 Å². The fourth-order valence-corrected chi connectivity index (χ4v) is 9.35. The Morgan fingerprint density at radius 3 is 1.60 bits per heavy atom. The number of nitrogens with one attached hydrogen (secondary N) is 1. The van der Waals surface area contributed by atoms with E-state index in [1.807, 2.05) is 0 Å². The van der Waals surface area contributed by atoms with Gasteiger partial charge in [-0.25, -0.2) is 0 Å². The molecule has 0 heterocycles. The van der Waals surface area contributed by atoms with Gasteiger partial charge >= 0.3 is 0 Å². The van der Waals surface area contributed by atoms with Gasteiger partial charge in [0.05, 0.1) is 45.8 Å². The van der Waals surface area contributed by atoms with E-state index in [0.29, 0.717) is 11.4 Å². The van der Waals surface area contributed by atoms with Crippen LogP contribution in [0.1, 0.15) is 18.1 Å². The number of phenols is 2. The van der Waals surface area contributed by atoms with E-state index >= 15 is 0 Å². The average molecular weight is 1030 g/mol. The number of nitrogens with zero attached hydrogens (tertiary/aromatic N) is 6. The van der Waals surface area contributed by atoms with E-state index < -0.39 is 77.5 Å². The van der Waals surface area contributed by atoms with E-state index in [1.165, 1.54) is 31.4 Å². The Labute approximate surface area is 396 Å². The second-order valence-electron chi connectivity index (χ2n) is 14.6. The van der Waals surface area contributed by atoms with Crippen molar-refractivity contribution < 1.29 is 71.6 Å². The molecule has 70 heavy (non-hydrogen) atoms. The molecule has 0 saturated carbocycles. The fourth-order valence-electron chi connectivity index (χ4n) is 6.75. The minimum atomic E-state index is -5.04. The van der Waals surface area contributed by atoms with Crippen molar-refractivity contribution in [2.75, 3.05) is 12.4 Å². The molecule has 0 saturated heterocycles. The number of fused-ring (bicyclic) bond motifs is 2. The van der Waals surface area contributed by atoms with E-state index in [1.54, 1.807) is 24.3 Å². The molecular weight excluding hydrogens is 999 g/mol. The zero-order chi connectivity index (χ0) is 50.9. The highest BCUT2D eigenvalue weighted by Gasteiger charge is 2.23. The van der Waals surface area contributed by atoms with Crippen LogP contribution in [0.5, 0.6) is 17.2 Å². The number of anilines is 1. The average Bonchev–Trinajstić information content (AvgIpc) is 3.28. The number of aromatic hydroxyl groups is 2. The lowest BCUT2D eigenvalue weighted by atomic mass is 10.1. The Morgan fingerprint density at radius 2 is 1.06 bits per heavy atom. The normalized spacial score (nSPS) is 12.8. The van der Waals surface area contributed by atoms with Gasteiger partial charge < -0.3 is 20.3 Å². The van der Waals surface area contributed by atoms with Crippen LogP contribution in [0.15, 0.2) is 159 Å². The van der Waals surface area contributed by atoms with Gasteiger partial charge in [-0.3, -0.25) is 23.0 Å². The van der Waals surface area contributed by atoms with Gasteiger partial charge in [0.15, 0.2) is 5.75 Å². The highest BCUT2D eigenvalue weighted by atomic mass is 32.2. The summed E-state index contributed by atoms with van der Waals surface area (Å²) >= 11 is 0. The van der Waals surface area contributed by atoms with E-state index in [-0.39, 0.29) is 66.8 Å². The number of carbonyl (C=O) groups is 1. The molecule has 7 N–H and O–H groups in total. The van der Waals surface area contributed by atoms with Gasteiger partial charge in [-0.15, -0.1) is 15.3 Å². The quantitative estimate of drug-likeness (QED) is 0.0302. The summed E-state index contributed by atoms with van der Waals surface area (Å²) in [5.74, 6) is -1.42. The second-order valence-corrected chi connectivity index (χ2v) is 20.2. The summed E-state index contributed by atoms with van der Waals surface area (Å²) in [4.78, 5) is 9.30. The molecule has 7 aromatic rings. The maximum Gasteiger partial charge on any atom is 0.295 e. The van der Waals surface area contributed by atoms with Gasteiger partial charge in [-0.05, 0) is 90.0 Å². The summed E-state index contributed by atoms with van der Waals surface area (Å²) < 4.78 is 144. The maximum absolute atomic E-state index is 12.6. The maximum atomic E-state index is 12.6. The van der Waals surface area contributed by atoms with Gasteiger partial charge in [0.1, 0.15) is 37.6 Å². The van der Waals surface area contributed by atoms with Crippen LogP contribution in [0.3, 0.4) is 0 Å². The van der Waals surface area contributed by atoms with Crippen LogP contribution in [0, 0.1) is 0 Å². The Hall–Kier alpha value is -7.89. The van der Waals surface area contributed by atoms with Crippen molar-refractivity contribution in [3.05, 3.63) is 120 Å². The Kier molecular flexibility index (Phi) is 13.7. The Morgan fingerprint density at radius 1 is 0.529 bits per heavy atom. The van der Waals surface area contributed by atoms with Crippen LogP contribution in [0.2, 0.25) is 0 Å². The third kappa shape index (κ3) is 11.2. The summed E-state index contributed by atoms with van der Waals surface area (Å²) in [6.45, 7) is 1.15. The summed E-state index contributed by atoms with van der Waals surface area (Å²) in [7, 11) is -18.1. The van der Waals surface area contributed by atoms with Crippen LogP contribution in [0.4, 0.5) is 39.8 Å². The number of carbonyl (C=O) groups excluding carboxylic acids is 1. The van der Waals surface area contributed by atoms with Crippen molar-refractivity contribution in [3.63, 3.8) is 0 Å². The van der Waals surface area contributed by atoms with E-state index in [4.69, 9.17) is 4.74 Å². The first kappa shape index (κ1) is 50.0. The first-order valence-electron chi connectivity index (χ1n) is 19.4. The zero-order valence-corrected chi connectivity index (χ0v) is 38.9. The van der Waals surface area contributed by atoms with Crippen molar-refractivity contribution in [1.29, 1.82) is 0 Å². The summed E-state index contributed by atoms with van der Waals surface area (Å²) in [5, 5.41) is 48.3. The van der Waals surface area contributed by atoms with E-state index in [0.717, 1.165) is 79.7 Å². The van der Waals surface area contributed by atoms with Gasteiger partial charge in [0.2, 0.25) is 5.91 Å². The molecule has 23 nitrogen and oxygen atoms in total. The summed E-state index contributed by atoms with van der Waals surface area (Å²) in [6.07, 6.45) is 2.27. The molecule has 0 unspecified atom stereocenters. The van der Waals surface area contributed by atoms with Crippen LogP contribution < -0.4 is 10.1 Å². The van der Waals surface area contributed by atoms with Gasteiger partial charge in [-0.2, -0.15) is 49.0 Å². The second kappa shape index (κ2) is 19.2. The Balaban J connectivity index is 1.25. The third-order valence-corrected chi connectivity index (χ3v) is 13.5. The molecule has 0 fully saturated rings. The van der Waals surface area contributed by atoms with Gasteiger partial charge in [0.25, 0.3) is 40.5 Å². The van der Waals surface area contributed by atoms with Crippen molar-refractivity contribution in [2.24, 2.45) is 30.7 Å². The summed E-state index contributed by atoms with van der Waals surface area (Å²) in [5.41, 5.74) is -1.17. The van der Waals surface area contributed by atoms with E-state index in [2.05, 4.69) is 36.0 Å². The molecule has 1 amide bonds. The lowest BCUT2D eigenvalue weighted by molar-refractivity contribution is -0.114. The number of hydrogen-bond donors (Lipinski definition) is 7. The van der Waals surface area contributed by atoms with Crippen LogP contribution in [-0.2, 0) is 45.3 Å². The third-order valence-electron chi connectivity index (χ3n) is 9.89. The molecule has 360 valence electrons. The number of rotatable bonds is 14. The number of hydrogen-bond acceptors (Lipinski definition) is 18. The smallest absolute Gasteiger partial charge is 0.295 e. The number of benzene rings is 7. The molecule has 7 rings (SSSR count). The van der Waals surface area contributed by atoms with Crippen molar-refractivity contribution in [1.82, 2.24) is 0 Å². The largest absolute Gasteiger partial charge is 0.506 e. The van der Waals surface area contributed by atoms with Crippen molar-refractivity contribution in [2.45, 2.75) is 26.5 Å². The molecule has 0 aliphatic rings. The predicted octanol–water partition coefficient (Wildman–Crippen LogP) is 9.77. The molecule has 0 bridgehead atoms. The topological polar surface area (TPSA) is 370 Å². The molecule has 0 aliphatic heterocycles. The molecule has 27 heteroatoms. The Bertz CT molecular complexity index is 3900.